The number of amides is 1. The molecule has 2 aromatic heterocycles. The third kappa shape index (κ3) is 5.63. The number of rotatable bonds is 7. The third-order valence-corrected chi connectivity index (χ3v) is 7.45. The standard InChI is InChI=1S/C27H33FN8O3/c1-27(25(37)35-13-11-34(2)12-14-35)16-38-24(39-17-27)22-32-23(36(33-22)20-7-5-19(28)6-8-20)21-9-10-29-26(31-21)30-15-18-3-4-18/h5-10,18,24H,3-4,11-17H2,1-2H3,(H,29,30,31). The van der Waals surface area contributed by atoms with E-state index in [4.69, 9.17) is 14.5 Å². The molecule has 2 saturated heterocycles. The van der Waals surface area contributed by atoms with Crippen molar-refractivity contribution in [1.29, 1.82) is 0 Å². The fourth-order valence-corrected chi connectivity index (χ4v) is 4.75. The summed E-state index contributed by atoms with van der Waals surface area (Å²) in [6, 6.07) is 7.74. The molecule has 3 aromatic rings. The molecule has 1 N–H and O–H groups in total. The Morgan fingerprint density at radius 2 is 1.79 bits per heavy atom. The molecule has 6 rings (SSSR count). The van der Waals surface area contributed by atoms with Crippen molar-refractivity contribution in [3.63, 3.8) is 0 Å². The zero-order chi connectivity index (χ0) is 27.0. The van der Waals surface area contributed by atoms with Crippen LogP contribution in [0.25, 0.3) is 17.2 Å². The van der Waals surface area contributed by atoms with E-state index in [1.165, 1.54) is 25.0 Å². The molecule has 206 valence electrons. The number of carbonyl (C=O) groups is 1. The molecule has 3 aliphatic rings. The van der Waals surface area contributed by atoms with Crippen molar-refractivity contribution in [2.75, 3.05) is 58.3 Å². The summed E-state index contributed by atoms with van der Waals surface area (Å²) in [6.07, 6.45) is 3.25. The summed E-state index contributed by atoms with van der Waals surface area (Å²) in [4.78, 5) is 31.1. The van der Waals surface area contributed by atoms with Crippen molar-refractivity contribution in [2.45, 2.75) is 26.1 Å². The molecule has 1 aliphatic carbocycles. The van der Waals surface area contributed by atoms with Crippen LogP contribution >= 0.6 is 0 Å². The number of hydrogen-bond acceptors (Lipinski definition) is 9. The van der Waals surface area contributed by atoms with E-state index in [0.29, 0.717) is 48.0 Å². The summed E-state index contributed by atoms with van der Waals surface area (Å²) in [6.45, 7) is 6.15. The highest BCUT2D eigenvalue weighted by atomic mass is 19.1. The summed E-state index contributed by atoms with van der Waals surface area (Å²) < 4.78 is 27.4. The maximum Gasteiger partial charge on any atom is 0.233 e. The number of nitrogens with zero attached hydrogens (tertiary/aromatic N) is 7. The van der Waals surface area contributed by atoms with Gasteiger partial charge >= 0.3 is 0 Å². The number of carbonyl (C=O) groups excluding carboxylic acids is 1. The second kappa shape index (κ2) is 10.6. The van der Waals surface area contributed by atoms with Gasteiger partial charge in [0.1, 0.15) is 11.5 Å². The van der Waals surface area contributed by atoms with Gasteiger partial charge in [0.2, 0.25) is 24.0 Å². The van der Waals surface area contributed by atoms with Crippen molar-refractivity contribution in [3.05, 3.63) is 48.2 Å². The smallest absolute Gasteiger partial charge is 0.233 e. The van der Waals surface area contributed by atoms with E-state index in [-0.39, 0.29) is 24.9 Å². The zero-order valence-corrected chi connectivity index (χ0v) is 22.2. The van der Waals surface area contributed by atoms with E-state index in [1.54, 1.807) is 29.1 Å². The minimum atomic E-state index is -0.854. The van der Waals surface area contributed by atoms with Gasteiger partial charge in [-0.2, -0.15) is 0 Å². The predicted octanol–water partition coefficient (Wildman–Crippen LogP) is 2.51. The Morgan fingerprint density at radius 1 is 1.08 bits per heavy atom. The van der Waals surface area contributed by atoms with Crippen LogP contribution in [0.15, 0.2) is 36.5 Å². The number of hydrogen-bond donors (Lipinski definition) is 1. The van der Waals surface area contributed by atoms with E-state index in [2.05, 4.69) is 32.3 Å². The first-order chi connectivity index (χ1) is 18.9. The zero-order valence-electron chi connectivity index (χ0n) is 22.2. The summed E-state index contributed by atoms with van der Waals surface area (Å²) >= 11 is 0. The quantitative estimate of drug-likeness (QED) is 0.487. The van der Waals surface area contributed by atoms with Crippen LogP contribution < -0.4 is 5.32 Å². The molecule has 3 fully saturated rings. The van der Waals surface area contributed by atoms with Gasteiger partial charge < -0.3 is 24.6 Å². The van der Waals surface area contributed by atoms with Crippen LogP contribution in [0.3, 0.4) is 0 Å². The Bertz CT molecular complexity index is 1310. The van der Waals surface area contributed by atoms with Gasteiger partial charge in [-0.25, -0.2) is 24.0 Å². The van der Waals surface area contributed by atoms with Gasteiger partial charge in [0.15, 0.2) is 5.82 Å². The molecule has 0 unspecified atom stereocenters. The lowest BCUT2D eigenvalue weighted by Gasteiger charge is -2.41. The molecule has 39 heavy (non-hydrogen) atoms. The molecule has 0 spiro atoms. The van der Waals surface area contributed by atoms with Gasteiger partial charge in [0, 0.05) is 38.9 Å². The lowest BCUT2D eigenvalue weighted by Crippen LogP contribution is -2.55. The van der Waals surface area contributed by atoms with Gasteiger partial charge in [-0.15, -0.1) is 5.10 Å². The molecule has 11 nitrogen and oxygen atoms in total. The molecule has 1 amide bonds. The Morgan fingerprint density at radius 3 is 2.49 bits per heavy atom. The Labute approximate surface area is 226 Å². The number of aromatic nitrogens is 5. The summed E-state index contributed by atoms with van der Waals surface area (Å²) in [5.41, 5.74) is 0.378. The minimum absolute atomic E-state index is 0.0340. The average Bonchev–Trinajstić information content (AvgIpc) is 3.69. The predicted molar refractivity (Wildman–Crippen MR) is 140 cm³/mol. The molecule has 1 aromatic carbocycles. The fourth-order valence-electron chi connectivity index (χ4n) is 4.75. The molecule has 12 heteroatoms. The minimum Gasteiger partial charge on any atom is -0.354 e. The van der Waals surface area contributed by atoms with Gasteiger partial charge in [0.05, 0.1) is 24.3 Å². The summed E-state index contributed by atoms with van der Waals surface area (Å²) in [5.74, 6) is 1.61. The van der Waals surface area contributed by atoms with Gasteiger partial charge in [-0.1, -0.05) is 0 Å². The van der Waals surface area contributed by atoms with E-state index >= 15 is 0 Å². The highest BCUT2D eigenvalue weighted by Crippen LogP contribution is 2.34. The number of halogens is 1. The number of anilines is 1. The normalized spacial score (nSPS) is 24.1. The first-order valence-corrected chi connectivity index (χ1v) is 13.4. The Balaban J connectivity index is 1.23. The van der Waals surface area contributed by atoms with Crippen LogP contribution in [0.4, 0.5) is 10.3 Å². The average molecular weight is 537 g/mol. The lowest BCUT2D eigenvalue weighted by atomic mass is 9.90. The number of benzene rings is 1. The van der Waals surface area contributed by atoms with Crippen molar-refractivity contribution in [1.82, 2.24) is 34.5 Å². The highest BCUT2D eigenvalue weighted by Gasteiger charge is 2.43. The van der Waals surface area contributed by atoms with Crippen LogP contribution in [0.1, 0.15) is 31.9 Å². The maximum atomic E-state index is 13.7. The van der Waals surface area contributed by atoms with Gasteiger partial charge in [-0.3, -0.25) is 4.79 Å². The number of nitrogens with one attached hydrogen (secondary N) is 1. The molecule has 1 saturated carbocycles. The summed E-state index contributed by atoms with van der Waals surface area (Å²) in [7, 11) is 2.06. The van der Waals surface area contributed by atoms with Crippen LogP contribution in [-0.2, 0) is 14.3 Å². The molecular weight excluding hydrogens is 503 g/mol. The molecular formula is C27H33FN8O3. The van der Waals surface area contributed by atoms with E-state index in [9.17, 15) is 9.18 Å². The molecule has 0 atom stereocenters. The fraction of sp³-hybridized carbons (Fsp3) is 0.519. The molecule has 0 bridgehead atoms. The van der Waals surface area contributed by atoms with Crippen molar-refractivity contribution in [2.24, 2.45) is 11.3 Å². The summed E-state index contributed by atoms with van der Waals surface area (Å²) in [5, 5.41) is 7.95. The van der Waals surface area contributed by atoms with Crippen molar-refractivity contribution in [3.8, 4) is 17.2 Å². The van der Waals surface area contributed by atoms with Gasteiger partial charge in [0.25, 0.3) is 0 Å². The van der Waals surface area contributed by atoms with Crippen LogP contribution in [0.5, 0.6) is 0 Å². The lowest BCUT2D eigenvalue weighted by molar-refractivity contribution is -0.234. The Hall–Kier alpha value is -3.48. The second-order valence-electron chi connectivity index (χ2n) is 10.9. The number of ether oxygens (including phenoxy) is 2. The maximum absolute atomic E-state index is 13.7. The molecule has 0 radical (unpaired) electrons. The van der Waals surface area contributed by atoms with Crippen molar-refractivity contribution >= 4 is 11.9 Å². The van der Waals surface area contributed by atoms with Gasteiger partial charge in [-0.05, 0) is 63.1 Å². The molecule has 2 aliphatic heterocycles. The number of piperazine rings is 1. The first-order valence-electron chi connectivity index (χ1n) is 13.4. The third-order valence-electron chi connectivity index (χ3n) is 7.45. The van der Waals surface area contributed by atoms with Crippen LogP contribution in [0, 0.1) is 17.2 Å². The monoisotopic (exact) mass is 536 g/mol. The van der Waals surface area contributed by atoms with E-state index in [0.717, 1.165) is 19.6 Å². The SMILES string of the molecule is CN1CCN(C(=O)C2(C)COC(c3nc(-c4ccnc(NCC5CC5)n4)n(-c4ccc(F)cc4)n3)OC2)CC1. The highest BCUT2D eigenvalue weighted by molar-refractivity contribution is 5.83. The number of likely N-dealkylation sites (N-methyl/N-ethyl adjacent to an activating group) is 1. The van der Waals surface area contributed by atoms with Crippen molar-refractivity contribution < 1.29 is 18.7 Å². The van der Waals surface area contributed by atoms with Crippen LogP contribution in [-0.4, -0.2) is 93.4 Å². The molecule has 4 heterocycles. The largest absolute Gasteiger partial charge is 0.354 e. The first kappa shape index (κ1) is 25.8. The Kier molecular flexibility index (Phi) is 7.00. The topological polar surface area (TPSA) is 111 Å². The van der Waals surface area contributed by atoms with Crippen LogP contribution in [0.2, 0.25) is 0 Å². The van der Waals surface area contributed by atoms with E-state index in [1.807, 2.05) is 11.8 Å². The van der Waals surface area contributed by atoms with E-state index < -0.39 is 11.7 Å². The second-order valence-corrected chi connectivity index (χ2v) is 10.9.